The average Bonchev–Trinajstić information content (AvgIpc) is 3.09. The number of rotatable bonds is 4. The molecule has 0 bridgehead atoms. The number of hydrogen-bond donors (Lipinski definition) is 1. The topological polar surface area (TPSA) is 32.5 Å². The van der Waals surface area contributed by atoms with Gasteiger partial charge < -0.3 is 5.73 Å². The molecule has 1 atom stereocenters. The fraction of sp³-hybridized carbons (Fsp3) is 0.562. The first kappa shape index (κ1) is 14.0. The molecule has 0 spiro atoms. The number of hydrogen-bond acceptors (Lipinski definition) is 3. The summed E-state index contributed by atoms with van der Waals surface area (Å²) in [5, 5.41) is 0. The molecule has 2 saturated heterocycles. The first-order valence-electron chi connectivity index (χ1n) is 7.57. The van der Waals surface area contributed by atoms with Crippen LogP contribution in [0.25, 0.3) is 0 Å². The first-order chi connectivity index (χ1) is 9.72. The van der Waals surface area contributed by atoms with Crippen molar-refractivity contribution in [2.45, 2.75) is 31.8 Å². The zero-order chi connectivity index (χ0) is 13.9. The fourth-order valence-electron chi connectivity index (χ4n) is 3.44. The van der Waals surface area contributed by atoms with Crippen LogP contribution in [0.4, 0.5) is 0 Å². The van der Waals surface area contributed by atoms with Gasteiger partial charge in [0.25, 0.3) is 0 Å². The van der Waals surface area contributed by atoms with Gasteiger partial charge >= 0.3 is 0 Å². The third kappa shape index (κ3) is 3.19. The van der Waals surface area contributed by atoms with Crippen molar-refractivity contribution in [2.24, 2.45) is 5.73 Å². The Kier molecular flexibility index (Phi) is 4.34. The van der Waals surface area contributed by atoms with Crippen LogP contribution in [0.3, 0.4) is 0 Å². The maximum absolute atomic E-state index is 5.71. The minimum absolute atomic E-state index is 0.489. The number of nitrogens with two attached hydrogens (primary N) is 1. The molecule has 3 nitrogen and oxygen atoms in total. The molecule has 4 heteroatoms. The van der Waals surface area contributed by atoms with Crippen molar-refractivity contribution in [3.63, 3.8) is 0 Å². The van der Waals surface area contributed by atoms with Crippen molar-refractivity contribution < 1.29 is 0 Å². The highest BCUT2D eigenvalue weighted by atomic mass is 32.1. The Morgan fingerprint density at radius 3 is 2.80 bits per heavy atom. The summed E-state index contributed by atoms with van der Waals surface area (Å²) in [6.07, 6.45) is 4.08. The molecular weight excluding hydrogens is 266 g/mol. The van der Waals surface area contributed by atoms with Crippen molar-refractivity contribution in [2.75, 3.05) is 26.2 Å². The van der Waals surface area contributed by atoms with Gasteiger partial charge in [0.15, 0.2) is 0 Å². The van der Waals surface area contributed by atoms with Crippen molar-refractivity contribution in [1.29, 1.82) is 0 Å². The van der Waals surface area contributed by atoms with Crippen LogP contribution < -0.4 is 5.73 Å². The minimum Gasteiger partial charge on any atom is -0.389 e. The summed E-state index contributed by atoms with van der Waals surface area (Å²) < 4.78 is 0. The van der Waals surface area contributed by atoms with Gasteiger partial charge in [-0.1, -0.05) is 30.4 Å². The molecule has 2 N–H and O–H groups in total. The highest BCUT2D eigenvalue weighted by molar-refractivity contribution is 7.80. The molecule has 20 heavy (non-hydrogen) atoms. The molecule has 108 valence electrons. The lowest BCUT2D eigenvalue weighted by atomic mass is 10.1. The van der Waals surface area contributed by atoms with Gasteiger partial charge in [-0.2, -0.15) is 0 Å². The number of nitrogens with zero attached hydrogens (tertiary/aromatic N) is 2. The van der Waals surface area contributed by atoms with Crippen LogP contribution in [0.5, 0.6) is 0 Å². The van der Waals surface area contributed by atoms with Crippen molar-refractivity contribution in [3.8, 4) is 0 Å². The predicted octanol–water partition coefficient (Wildman–Crippen LogP) is 1.99. The Morgan fingerprint density at radius 1 is 1.25 bits per heavy atom. The first-order valence-corrected chi connectivity index (χ1v) is 7.98. The second-order valence-corrected chi connectivity index (χ2v) is 6.43. The molecule has 2 fully saturated rings. The molecule has 0 aromatic heterocycles. The molecule has 3 rings (SSSR count). The second-order valence-electron chi connectivity index (χ2n) is 5.99. The Balaban J connectivity index is 1.58. The molecule has 1 unspecified atom stereocenters. The smallest absolute Gasteiger partial charge is 0.103 e. The third-order valence-electron chi connectivity index (χ3n) is 4.52. The number of likely N-dealkylation sites (tertiary alicyclic amines) is 2. The lowest BCUT2D eigenvalue weighted by molar-refractivity contribution is 0.230. The lowest BCUT2D eigenvalue weighted by Crippen LogP contribution is -2.35. The van der Waals surface area contributed by atoms with Crippen molar-refractivity contribution >= 4 is 17.2 Å². The normalized spacial score (nSPS) is 24.3. The monoisotopic (exact) mass is 289 g/mol. The molecule has 2 heterocycles. The summed E-state index contributed by atoms with van der Waals surface area (Å²) >= 11 is 5.05. The van der Waals surface area contributed by atoms with Crippen LogP contribution in [0, 0.1) is 0 Å². The summed E-state index contributed by atoms with van der Waals surface area (Å²) in [6.45, 7) is 6.03. The number of benzene rings is 1. The van der Waals surface area contributed by atoms with Crippen LogP contribution in [0.2, 0.25) is 0 Å². The standard InChI is InChI=1S/C16H23N3S/c17-16(20)14-5-3-4-13(10-14)11-18-9-6-15(12-18)19-7-1-2-8-19/h3-5,10,15H,1-2,6-9,11-12H2,(H2,17,20). The van der Waals surface area contributed by atoms with E-state index < -0.39 is 0 Å². The van der Waals surface area contributed by atoms with E-state index in [2.05, 4.69) is 28.0 Å². The third-order valence-corrected chi connectivity index (χ3v) is 4.76. The zero-order valence-corrected chi connectivity index (χ0v) is 12.7. The van der Waals surface area contributed by atoms with Gasteiger partial charge in [0.05, 0.1) is 0 Å². The Bertz CT molecular complexity index is 482. The van der Waals surface area contributed by atoms with Crippen LogP contribution in [-0.2, 0) is 6.54 Å². The van der Waals surface area contributed by atoms with E-state index >= 15 is 0 Å². The Hall–Kier alpha value is -0.970. The molecular formula is C16H23N3S. The van der Waals surface area contributed by atoms with Crippen LogP contribution in [-0.4, -0.2) is 47.0 Å². The summed E-state index contributed by atoms with van der Waals surface area (Å²) in [7, 11) is 0. The van der Waals surface area contributed by atoms with E-state index in [9.17, 15) is 0 Å². The summed E-state index contributed by atoms with van der Waals surface area (Å²) in [5.74, 6) is 0. The summed E-state index contributed by atoms with van der Waals surface area (Å²) in [4.78, 5) is 5.72. The van der Waals surface area contributed by atoms with Crippen molar-refractivity contribution in [1.82, 2.24) is 9.80 Å². The molecule has 1 aromatic carbocycles. The molecule has 2 aliphatic heterocycles. The molecule has 2 aliphatic rings. The van der Waals surface area contributed by atoms with Gasteiger partial charge in [-0.05, 0) is 44.0 Å². The molecule has 1 aromatic rings. The molecule has 0 saturated carbocycles. The Morgan fingerprint density at radius 2 is 2.05 bits per heavy atom. The maximum Gasteiger partial charge on any atom is 0.103 e. The highest BCUT2D eigenvalue weighted by Gasteiger charge is 2.28. The van der Waals surface area contributed by atoms with Crippen molar-refractivity contribution in [3.05, 3.63) is 35.4 Å². The van der Waals surface area contributed by atoms with Gasteiger partial charge in [0, 0.05) is 31.2 Å². The van der Waals surface area contributed by atoms with E-state index in [4.69, 9.17) is 18.0 Å². The second kappa shape index (κ2) is 6.20. The molecule has 0 amide bonds. The quantitative estimate of drug-likeness (QED) is 0.859. The summed E-state index contributed by atoms with van der Waals surface area (Å²) in [5.41, 5.74) is 8.00. The highest BCUT2D eigenvalue weighted by Crippen LogP contribution is 2.22. The van der Waals surface area contributed by atoms with Gasteiger partial charge in [-0.15, -0.1) is 0 Å². The van der Waals surface area contributed by atoms with Gasteiger partial charge in [0.1, 0.15) is 4.99 Å². The van der Waals surface area contributed by atoms with Crippen LogP contribution >= 0.6 is 12.2 Å². The lowest BCUT2D eigenvalue weighted by Gasteiger charge is -2.23. The van der Waals surface area contributed by atoms with E-state index in [1.165, 1.54) is 51.0 Å². The van der Waals surface area contributed by atoms with E-state index in [0.29, 0.717) is 4.99 Å². The van der Waals surface area contributed by atoms with Crippen LogP contribution in [0.1, 0.15) is 30.4 Å². The molecule has 0 radical (unpaired) electrons. The average molecular weight is 289 g/mol. The summed E-state index contributed by atoms with van der Waals surface area (Å²) in [6, 6.07) is 9.12. The largest absolute Gasteiger partial charge is 0.389 e. The van der Waals surface area contributed by atoms with E-state index in [-0.39, 0.29) is 0 Å². The SMILES string of the molecule is NC(=S)c1cccc(CN2CCC(N3CCCC3)C2)c1. The Labute approximate surface area is 126 Å². The molecule has 0 aliphatic carbocycles. The van der Waals surface area contributed by atoms with Crippen LogP contribution in [0.15, 0.2) is 24.3 Å². The van der Waals surface area contributed by atoms with Gasteiger partial charge in [0.2, 0.25) is 0 Å². The van der Waals surface area contributed by atoms with Gasteiger partial charge in [-0.25, -0.2) is 0 Å². The number of thiocarbonyl (C=S) groups is 1. The van der Waals surface area contributed by atoms with E-state index in [1.807, 2.05) is 6.07 Å². The predicted molar refractivity (Wildman–Crippen MR) is 86.8 cm³/mol. The minimum atomic E-state index is 0.489. The zero-order valence-electron chi connectivity index (χ0n) is 11.9. The maximum atomic E-state index is 5.71. The van der Waals surface area contributed by atoms with E-state index in [0.717, 1.165) is 18.2 Å². The van der Waals surface area contributed by atoms with E-state index in [1.54, 1.807) is 0 Å². The van der Waals surface area contributed by atoms with Gasteiger partial charge in [-0.3, -0.25) is 9.80 Å². The fourth-order valence-corrected chi connectivity index (χ4v) is 3.57.